The fraction of sp³-hybridized carbons (Fsp3) is 0.292. The van der Waals surface area contributed by atoms with Crippen LogP contribution in [0.1, 0.15) is 38.5 Å². The molecule has 1 amide bonds. The Kier molecular flexibility index (Phi) is 5.75. The first kappa shape index (κ1) is 20.7. The number of rotatable bonds is 5. The Balaban J connectivity index is 1.61. The van der Waals surface area contributed by atoms with Crippen LogP contribution in [0, 0.1) is 13.8 Å². The Bertz CT molecular complexity index is 1100. The van der Waals surface area contributed by atoms with Crippen molar-refractivity contribution in [2.75, 3.05) is 7.11 Å². The summed E-state index contributed by atoms with van der Waals surface area (Å²) in [6.07, 6.45) is 0.390. The van der Waals surface area contributed by atoms with Crippen LogP contribution in [-0.4, -0.2) is 35.1 Å². The summed E-state index contributed by atoms with van der Waals surface area (Å²) in [4.78, 5) is 27.4. The number of fused-ring (bicyclic) bond motifs is 1. The lowest BCUT2D eigenvalue weighted by Crippen LogP contribution is -2.49. The highest BCUT2D eigenvalue weighted by atomic mass is 16.5. The van der Waals surface area contributed by atoms with Crippen LogP contribution < -0.4 is 4.74 Å². The molecule has 1 aromatic heterocycles. The lowest BCUT2D eigenvalue weighted by atomic mass is 9.93. The van der Waals surface area contributed by atoms with E-state index in [1.165, 1.54) is 12.0 Å². The van der Waals surface area contributed by atoms with Gasteiger partial charge in [0.1, 0.15) is 24.2 Å². The van der Waals surface area contributed by atoms with Crippen LogP contribution in [0.5, 0.6) is 5.75 Å². The highest BCUT2D eigenvalue weighted by Gasteiger charge is 2.38. The molecule has 7 heteroatoms. The Morgan fingerprint density at radius 3 is 2.52 bits per heavy atom. The molecule has 0 saturated carbocycles. The largest absolute Gasteiger partial charge is 0.489 e. The molecule has 0 bridgehead atoms. The normalized spacial score (nSPS) is 15.3. The number of methoxy groups -OCH3 is 1. The molecule has 0 spiro atoms. The molecule has 31 heavy (non-hydrogen) atoms. The van der Waals surface area contributed by atoms with Crippen molar-refractivity contribution in [1.29, 1.82) is 0 Å². The van der Waals surface area contributed by atoms with Gasteiger partial charge in [0.2, 0.25) is 0 Å². The molecule has 1 aliphatic heterocycles. The molecule has 3 aromatic rings. The molecule has 0 aliphatic carbocycles. The van der Waals surface area contributed by atoms with Gasteiger partial charge in [-0.3, -0.25) is 4.79 Å². The number of esters is 1. The fourth-order valence-corrected chi connectivity index (χ4v) is 3.74. The molecule has 7 nitrogen and oxygen atoms in total. The molecule has 1 unspecified atom stereocenters. The third-order valence-corrected chi connectivity index (χ3v) is 5.57. The number of nitrogens with zero attached hydrogens (tertiary/aromatic N) is 2. The Morgan fingerprint density at radius 2 is 1.81 bits per heavy atom. The Morgan fingerprint density at radius 1 is 1.10 bits per heavy atom. The first-order valence-electron chi connectivity index (χ1n) is 10.1. The van der Waals surface area contributed by atoms with E-state index in [0.29, 0.717) is 30.0 Å². The third kappa shape index (κ3) is 4.17. The van der Waals surface area contributed by atoms with Gasteiger partial charge in [-0.15, -0.1) is 0 Å². The van der Waals surface area contributed by atoms with Gasteiger partial charge in [-0.05, 0) is 37.1 Å². The van der Waals surface area contributed by atoms with Crippen LogP contribution in [-0.2, 0) is 29.1 Å². The van der Waals surface area contributed by atoms with Crippen molar-refractivity contribution in [1.82, 2.24) is 10.1 Å². The first-order valence-corrected chi connectivity index (χ1v) is 10.1. The number of aryl methyl sites for hydroxylation is 2. The monoisotopic (exact) mass is 420 g/mol. The number of carbonyl (C=O) groups excluding carboxylic acids is 2. The number of ether oxygens (including phenoxy) is 2. The minimum absolute atomic E-state index is 0.132. The van der Waals surface area contributed by atoms with Gasteiger partial charge in [0.15, 0.2) is 5.69 Å². The summed E-state index contributed by atoms with van der Waals surface area (Å²) in [5, 5.41) is 3.99. The van der Waals surface area contributed by atoms with E-state index in [0.717, 1.165) is 16.7 Å². The van der Waals surface area contributed by atoms with Crippen molar-refractivity contribution in [3.8, 4) is 5.75 Å². The van der Waals surface area contributed by atoms with Gasteiger partial charge in [-0.2, -0.15) is 0 Å². The van der Waals surface area contributed by atoms with Gasteiger partial charge >= 0.3 is 5.97 Å². The number of carbonyl (C=O) groups is 2. The van der Waals surface area contributed by atoms with Crippen LogP contribution in [0.4, 0.5) is 0 Å². The van der Waals surface area contributed by atoms with Crippen molar-refractivity contribution < 1.29 is 23.6 Å². The highest BCUT2D eigenvalue weighted by Crippen LogP contribution is 2.27. The quantitative estimate of drug-likeness (QED) is 0.587. The van der Waals surface area contributed by atoms with E-state index < -0.39 is 12.0 Å². The maximum atomic E-state index is 13.5. The Hall–Kier alpha value is -3.61. The van der Waals surface area contributed by atoms with E-state index in [9.17, 15) is 9.59 Å². The molecule has 0 N–H and O–H groups in total. The second-order valence-electron chi connectivity index (χ2n) is 7.61. The molecule has 0 saturated heterocycles. The zero-order chi connectivity index (χ0) is 22.0. The average Bonchev–Trinajstić information content (AvgIpc) is 3.17. The second-order valence-corrected chi connectivity index (χ2v) is 7.61. The number of amides is 1. The zero-order valence-electron chi connectivity index (χ0n) is 17.8. The first-order chi connectivity index (χ1) is 15.0. The summed E-state index contributed by atoms with van der Waals surface area (Å²) in [6.45, 7) is 4.16. The number of aromatic nitrogens is 1. The van der Waals surface area contributed by atoms with Gasteiger partial charge in [0.05, 0.1) is 12.7 Å². The van der Waals surface area contributed by atoms with Gasteiger partial charge in [-0.1, -0.05) is 47.1 Å². The van der Waals surface area contributed by atoms with Crippen LogP contribution >= 0.6 is 0 Å². The van der Waals surface area contributed by atoms with Crippen molar-refractivity contribution in [2.24, 2.45) is 0 Å². The highest BCUT2D eigenvalue weighted by molar-refractivity contribution is 5.96. The molecular formula is C24H24N2O5. The van der Waals surface area contributed by atoms with E-state index in [2.05, 4.69) is 5.16 Å². The lowest BCUT2D eigenvalue weighted by Gasteiger charge is -2.34. The van der Waals surface area contributed by atoms with E-state index in [1.807, 2.05) is 55.5 Å². The van der Waals surface area contributed by atoms with Crippen molar-refractivity contribution >= 4 is 11.9 Å². The Labute approximate surface area is 180 Å². The van der Waals surface area contributed by atoms with E-state index in [4.69, 9.17) is 14.0 Å². The van der Waals surface area contributed by atoms with Gasteiger partial charge in [0, 0.05) is 13.0 Å². The topological polar surface area (TPSA) is 81.9 Å². The number of hydrogen-bond donors (Lipinski definition) is 0. The minimum Gasteiger partial charge on any atom is -0.489 e. The molecule has 2 aromatic carbocycles. The molecule has 0 fully saturated rings. The SMILES string of the molecule is COC(=O)C1Cc2ccccc2CN1C(=O)c1noc(C)c1COc1ccc(C)cc1. The summed E-state index contributed by atoms with van der Waals surface area (Å²) in [7, 11) is 1.33. The van der Waals surface area contributed by atoms with E-state index in [-0.39, 0.29) is 18.2 Å². The average molecular weight is 420 g/mol. The standard InChI is InChI=1S/C24H24N2O5/c1-15-8-10-19(11-9-15)30-14-20-16(2)31-25-22(20)23(27)26-13-18-7-5-4-6-17(18)12-21(26)24(28)29-3/h4-11,21H,12-14H2,1-3H3. The maximum Gasteiger partial charge on any atom is 0.328 e. The maximum absolute atomic E-state index is 13.5. The molecule has 0 radical (unpaired) electrons. The molecule has 1 atom stereocenters. The van der Waals surface area contributed by atoms with Gasteiger partial charge in [-0.25, -0.2) is 4.79 Å². The summed E-state index contributed by atoms with van der Waals surface area (Å²) < 4.78 is 16.1. The van der Waals surface area contributed by atoms with Crippen LogP contribution in [0.2, 0.25) is 0 Å². The van der Waals surface area contributed by atoms with Crippen molar-refractivity contribution in [3.63, 3.8) is 0 Å². The second kappa shape index (κ2) is 8.63. The molecular weight excluding hydrogens is 396 g/mol. The lowest BCUT2D eigenvalue weighted by molar-refractivity contribution is -0.146. The third-order valence-electron chi connectivity index (χ3n) is 5.57. The summed E-state index contributed by atoms with van der Waals surface area (Å²) >= 11 is 0. The summed E-state index contributed by atoms with van der Waals surface area (Å²) in [5.41, 5.74) is 3.87. The van der Waals surface area contributed by atoms with Gasteiger partial charge in [0.25, 0.3) is 5.91 Å². The summed E-state index contributed by atoms with van der Waals surface area (Å²) in [6, 6.07) is 14.7. The van der Waals surface area contributed by atoms with Gasteiger partial charge < -0.3 is 18.9 Å². The number of hydrogen-bond acceptors (Lipinski definition) is 6. The van der Waals surface area contributed by atoms with Crippen molar-refractivity contribution in [2.45, 2.75) is 39.5 Å². The summed E-state index contributed by atoms with van der Waals surface area (Å²) in [5.74, 6) is 0.344. The fourth-order valence-electron chi connectivity index (χ4n) is 3.74. The molecule has 1 aliphatic rings. The minimum atomic E-state index is -0.727. The zero-order valence-corrected chi connectivity index (χ0v) is 17.8. The van der Waals surface area contributed by atoms with Crippen LogP contribution in [0.15, 0.2) is 53.1 Å². The van der Waals surface area contributed by atoms with Crippen LogP contribution in [0.25, 0.3) is 0 Å². The smallest absolute Gasteiger partial charge is 0.328 e. The predicted molar refractivity (Wildman–Crippen MR) is 113 cm³/mol. The number of benzene rings is 2. The van der Waals surface area contributed by atoms with Crippen molar-refractivity contribution in [3.05, 3.63) is 82.2 Å². The molecule has 4 rings (SSSR count). The van der Waals surface area contributed by atoms with E-state index >= 15 is 0 Å². The molecule has 2 heterocycles. The van der Waals surface area contributed by atoms with E-state index in [1.54, 1.807) is 6.92 Å². The predicted octanol–water partition coefficient (Wildman–Crippen LogP) is 3.61. The molecule has 160 valence electrons. The van der Waals surface area contributed by atoms with Crippen LogP contribution in [0.3, 0.4) is 0 Å².